The zero-order valence-corrected chi connectivity index (χ0v) is 12.5. The smallest absolute Gasteiger partial charge is 0.321 e. The molecule has 1 N–H and O–H groups in total. The molecule has 0 radical (unpaired) electrons. The Hall–Kier alpha value is -1.78. The highest BCUT2D eigenvalue weighted by Gasteiger charge is 2.50. The van der Waals surface area contributed by atoms with Crippen LogP contribution in [0.4, 0.5) is 4.79 Å². The normalized spacial score (nSPS) is 23.2. The Morgan fingerprint density at radius 1 is 1.29 bits per heavy atom. The molecule has 2 fully saturated rings. The Morgan fingerprint density at radius 2 is 1.90 bits per heavy atom. The van der Waals surface area contributed by atoms with Gasteiger partial charge in [0.25, 0.3) is 0 Å². The molecule has 0 aromatic heterocycles. The summed E-state index contributed by atoms with van der Waals surface area (Å²) in [5, 5.41) is 9.25. The zero-order chi connectivity index (χ0) is 15.5. The Bertz CT molecular complexity index is 433. The molecule has 1 aliphatic heterocycles. The molecule has 1 saturated carbocycles. The van der Waals surface area contributed by atoms with Crippen LogP contribution in [-0.4, -0.2) is 52.1 Å². The van der Waals surface area contributed by atoms with E-state index in [4.69, 9.17) is 0 Å². The summed E-state index contributed by atoms with van der Waals surface area (Å²) in [6, 6.07) is -0.0154. The highest BCUT2D eigenvalue weighted by atomic mass is 16.4. The standard InChI is InChI=1S/C16H24N2O3/c1-3-9-17(10-4-2)15(21)18-11-6-13(14(19)20)12-16(18)7-5-8-16/h3-4,13H,1-2,5-12H2,(H,19,20). The summed E-state index contributed by atoms with van der Waals surface area (Å²) < 4.78 is 0. The van der Waals surface area contributed by atoms with Gasteiger partial charge in [0.2, 0.25) is 0 Å². The predicted molar refractivity (Wildman–Crippen MR) is 81.0 cm³/mol. The Morgan fingerprint density at radius 3 is 2.33 bits per heavy atom. The minimum Gasteiger partial charge on any atom is -0.481 e. The number of hydrogen-bond acceptors (Lipinski definition) is 2. The highest BCUT2D eigenvalue weighted by molar-refractivity contribution is 5.77. The number of urea groups is 1. The minimum absolute atomic E-state index is 0.0154. The number of rotatable bonds is 5. The Kier molecular flexibility index (Phi) is 4.70. The van der Waals surface area contributed by atoms with E-state index in [0.717, 1.165) is 19.3 Å². The number of carbonyl (C=O) groups excluding carboxylic acids is 1. The van der Waals surface area contributed by atoms with Gasteiger partial charge in [0.1, 0.15) is 0 Å². The quantitative estimate of drug-likeness (QED) is 0.792. The molecule has 1 aliphatic carbocycles. The summed E-state index contributed by atoms with van der Waals surface area (Å²) in [7, 11) is 0. The first kappa shape index (κ1) is 15.6. The fourth-order valence-corrected chi connectivity index (χ4v) is 3.47. The molecule has 2 aliphatic rings. The second-order valence-corrected chi connectivity index (χ2v) is 6.02. The highest BCUT2D eigenvalue weighted by Crippen LogP contribution is 2.46. The molecule has 5 nitrogen and oxygen atoms in total. The van der Waals surface area contributed by atoms with E-state index >= 15 is 0 Å². The van der Waals surface area contributed by atoms with Crippen LogP contribution in [0.5, 0.6) is 0 Å². The topological polar surface area (TPSA) is 60.9 Å². The molecule has 0 aromatic carbocycles. The number of carboxylic acid groups (broad SMARTS) is 1. The van der Waals surface area contributed by atoms with Gasteiger partial charge in [-0.05, 0) is 32.1 Å². The van der Waals surface area contributed by atoms with Crippen molar-refractivity contribution in [3.8, 4) is 0 Å². The van der Waals surface area contributed by atoms with Crippen molar-refractivity contribution in [1.29, 1.82) is 0 Å². The number of carbonyl (C=O) groups is 2. The van der Waals surface area contributed by atoms with Gasteiger partial charge < -0.3 is 14.9 Å². The fraction of sp³-hybridized carbons (Fsp3) is 0.625. The maximum absolute atomic E-state index is 12.8. The molecule has 1 heterocycles. The number of aliphatic carboxylic acids is 1. The van der Waals surface area contributed by atoms with E-state index in [1.54, 1.807) is 17.1 Å². The van der Waals surface area contributed by atoms with E-state index in [1.807, 2.05) is 4.90 Å². The molecule has 1 unspecified atom stereocenters. The van der Waals surface area contributed by atoms with Crippen LogP contribution in [0.2, 0.25) is 0 Å². The molecular formula is C16H24N2O3. The fourth-order valence-electron chi connectivity index (χ4n) is 3.47. The third kappa shape index (κ3) is 2.96. The van der Waals surface area contributed by atoms with Crippen LogP contribution in [0.1, 0.15) is 32.1 Å². The first-order chi connectivity index (χ1) is 10.0. The number of hydrogen-bond donors (Lipinski definition) is 1. The lowest BCUT2D eigenvalue weighted by molar-refractivity contribution is -0.146. The van der Waals surface area contributed by atoms with Crippen molar-refractivity contribution in [2.24, 2.45) is 5.92 Å². The largest absolute Gasteiger partial charge is 0.481 e. The summed E-state index contributed by atoms with van der Waals surface area (Å²) >= 11 is 0. The van der Waals surface area contributed by atoms with Crippen LogP contribution >= 0.6 is 0 Å². The van der Waals surface area contributed by atoms with Gasteiger partial charge in [-0.25, -0.2) is 4.79 Å². The number of piperidine rings is 1. The zero-order valence-electron chi connectivity index (χ0n) is 12.5. The van der Waals surface area contributed by atoms with Gasteiger partial charge in [0, 0.05) is 25.2 Å². The molecule has 5 heteroatoms. The molecule has 1 spiro atoms. The van der Waals surface area contributed by atoms with Gasteiger partial charge in [-0.15, -0.1) is 13.2 Å². The third-order valence-electron chi connectivity index (χ3n) is 4.73. The molecule has 21 heavy (non-hydrogen) atoms. The van der Waals surface area contributed by atoms with E-state index in [2.05, 4.69) is 13.2 Å². The number of likely N-dealkylation sites (tertiary alicyclic amines) is 1. The van der Waals surface area contributed by atoms with Gasteiger partial charge in [-0.3, -0.25) is 4.79 Å². The van der Waals surface area contributed by atoms with Crippen LogP contribution in [0.15, 0.2) is 25.3 Å². The van der Waals surface area contributed by atoms with Crippen LogP contribution in [-0.2, 0) is 4.79 Å². The lowest BCUT2D eigenvalue weighted by Crippen LogP contribution is -2.63. The van der Waals surface area contributed by atoms with Crippen LogP contribution in [0.25, 0.3) is 0 Å². The van der Waals surface area contributed by atoms with E-state index in [-0.39, 0.29) is 17.5 Å². The summed E-state index contributed by atoms with van der Waals surface area (Å²) in [5.74, 6) is -1.05. The molecule has 1 atom stereocenters. The summed E-state index contributed by atoms with van der Waals surface area (Å²) in [6.07, 6.45) is 7.44. The summed E-state index contributed by atoms with van der Waals surface area (Å²) in [6.45, 7) is 8.88. The van der Waals surface area contributed by atoms with Gasteiger partial charge in [0.15, 0.2) is 0 Å². The Labute approximate surface area is 125 Å². The van der Waals surface area contributed by atoms with Crippen molar-refractivity contribution in [1.82, 2.24) is 9.80 Å². The van der Waals surface area contributed by atoms with Crippen LogP contribution in [0.3, 0.4) is 0 Å². The maximum Gasteiger partial charge on any atom is 0.321 e. The lowest BCUT2D eigenvalue weighted by Gasteiger charge is -2.55. The first-order valence-corrected chi connectivity index (χ1v) is 7.55. The van der Waals surface area contributed by atoms with Gasteiger partial charge >= 0.3 is 12.0 Å². The van der Waals surface area contributed by atoms with Crippen LogP contribution in [0, 0.1) is 5.92 Å². The monoisotopic (exact) mass is 292 g/mol. The predicted octanol–water partition coefficient (Wildman–Crippen LogP) is 2.50. The summed E-state index contributed by atoms with van der Waals surface area (Å²) in [4.78, 5) is 27.6. The van der Waals surface area contributed by atoms with Crippen molar-refractivity contribution in [2.75, 3.05) is 19.6 Å². The number of nitrogens with zero attached hydrogens (tertiary/aromatic N) is 2. The van der Waals surface area contributed by atoms with E-state index in [9.17, 15) is 14.7 Å². The van der Waals surface area contributed by atoms with Crippen LogP contribution < -0.4 is 0 Å². The second kappa shape index (κ2) is 6.33. The molecule has 116 valence electrons. The van der Waals surface area contributed by atoms with Crippen molar-refractivity contribution >= 4 is 12.0 Å². The van der Waals surface area contributed by atoms with Crippen molar-refractivity contribution in [3.63, 3.8) is 0 Å². The maximum atomic E-state index is 12.8. The molecule has 2 amide bonds. The molecule has 0 aromatic rings. The average Bonchev–Trinajstić information content (AvgIpc) is 2.43. The van der Waals surface area contributed by atoms with E-state index < -0.39 is 5.97 Å². The SMILES string of the molecule is C=CCN(CC=C)C(=O)N1CCC(C(=O)O)CC12CCC2. The third-order valence-corrected chi connectivity index (χ3v) is 4.73. The molecule has 2 rings (SSSR count). The second-order valence-electron chi connectivity index (χ2n) is 6.02. The van der Waals surface area contributed by atoms with Crippen molar-refractivity contribution in [2.45, 2.75) is 37.6 Å². The number of carboxylic acids is 1. The van der Waals surface area contributed by atoms with E-state index in [1.165, 1.54) is 0 Å². The first-order valence-electron chi connectivity index (χ1n) is 7.55. The Balaban J connectivity index is 2.14. The van der Waals surface area contributed by atoms with Crippen molar-refractivity contribution < 1.29 is 14.7 Å². The lowest BCUT2D eigenvalue weighted by atomic mass is 9.67. The van der Waals surface area contributed by atoms with Gasteiger partial charge in [-0.1, -0.05) is 12.2 Å². The minimum atomic E-state index is -0.734. The van der Waals surface area contributed by atoms with Gasteiger partial charge in [-0.2, -0.15) is 0 Å². The molecule has 1 saturated heterocycles. The van der Waals surface area contributed by atoms with Crippen molar-refractivity contribution in [3.05, 3.63) is 25.3 Å². The molecular weight excluding hydrogens is 268 g/mol. The summed E-state index contributed by atoms with van der Waals surface area (Å²) in [5.41, 5.74) is -0.237. The number of amides is 2. The van der Waals surface area contributed by atoms with Gasteiger partial charge in [0.05, 0.1) is 5.92 Å². The molecule has 0 bridgehead atoms. The van der Waals surface area contributed by atoms with E-state index in [0.29, 0.717) is 32.5 Å². The average molecular weight is 292 g/mol.